The van der Waals surface area contributed by atoms with Gasteiger partial charge in [-0.05, 0) is 48.7 Å². The maximum Gasteiger partial charge on any atom is 0.417 e. The van der Waals surface area contributed by atoms with Crippen LogP contribution in [0.4, 0.5) is 19.0 Å². The number of allylic oxidation sites excluding steroid dienone is 2. The van der Waals surface area contributed by atoms with Crippen molar-refractivity contribution in [1.82, 2.24) is 33.5 Å². The monoisotopic (exact) mass is 962 g/mol. The standard InChI is InChI=1S/C45H39Cl2F3N8O9/c1-5-67-33-8-6-7-26(37(33)59)36-25-13-16-56-42(63)55(15-14-29-40(61)54(2)32-20-35(66-4)34(65-3)19-30(32)52-29)43(64)58(56)31(25)18-27-39(60)57(41(62)44(27,36)22-9-11-24(46)12-10-22)53-38-28(47)17-23(21-51-38)45(48,49)50/h6-13,17,19-21,27,31,36,59H,5,14-16,18H2,1-4H3,(H,51,53)/t27-,31+,36+,44+/m0/s1. The summed E-state index contributed by atoms with van der Waals surface area (Å²) in [7, 11) is 4.47. The molecule has 5 heterocycles. The van der Waals surface area contributed by atoms with Crippen molar-refractivity contribution in [3.05, 3.63) is 142 Å². The zero-order valence-corrected chi connectivity index (χ0v) is 37.4. The van der Waals surface area contributed by atoms with Crippen molar-refractivity contribution in [2.45, 2.75) is 56.4 Å². The Balaban J connectivity index is 1.19. The number of nitrogens with zero attached hydrogens (tertiary/aromatic N) is 7. The first kappa shape index (κ1) is 45.1. The van der Waals surface area contributed by atoms with Gasteiger partial charge in [-0.2, -0.15) is 18.2 Å². The lowest BCUT2D eigenvalue weighted by Crippen LogP contribution is -2.53. The molecule has 1 saturated carbocycles. The predicted molar refractivity (Wildman–Crippen MR) is 237 cm³/mol. The number of anilines is 1. The fraction of sp³-hybridized carbons (Fsp3) is 0.311. The lowest BCUT2D eigenvalue weighted by atomic mass is 9.53. The molecule has 6 aromatic rings. The number of nitrogens with one attached hydrogen (secondary N) is 1. The van der Waals surface area contributed by atoms with Crippen LogP contribution >= 0.6 is 23.2 Å². The number of imide groups is 1. The highest BCUT2D eigenvalue weighted by Gasteiger charge is 2.69. The van der Waals surface area contributed by atoms with Gasteiger partial charge in [-0.25, -0.2) is 33.5 Å². The summed E-state index contributed by atoms with van der Waals surface area (Å²) in [6, 6.07) is 13.5. The van der Waals surface area contributed by atoms with Gasteiger partial charge >= 0.3 is 17.6 Å². The van der Waals surface area contributed by atoms with Crippen LogP contribution in [0.1, 0.15) is 47.7 Å². The fourth-order valence-electron chi connectivity index (χ4n) is 9.76. The third kappa shape index (κ3) is 7.02. The van der Waals surface area contributed by atoms with Crippen LogP contribution in [0.3, 0.4) is 0 Å². The van der Waals surface area contributed by atoms with Gasteiger partial charge < -0.3 is 23.9 Å². The normalized spacial score (nSPS) is 20.0. The highest BCUT2D eigenvalue weighted by Crippen LogP contribution is 2.63. The smallest absolute Gasteiger partial charge is 0.417 e. The number of ether oxygens (including phenoxy) is 3. The minimum atomic E-state index is -4.80. The van der Waals surface area contributed by atoms with E-state index in [9.17, 15) is 32.7 Å². The second-order valence-corrected chi connectivity index (χ2v) is 16.9. The minimum absolute atomic E-state index is 0.0556. The van der Waals surface area contributed by atoms with Crippen molar-refractivity contribution >= 4 is 51.9 Å². The number of alkyl halides is 3. The molecule has 4 atom stereocenters. The Kier molecular flexibility index (Phi) is 11.2. The topological polar surface area (TPSA) is 194 Å². The number of carbonyl (C=O) groups excluding carboxylic acids is 2. The molecule has 22 heteroatoms. The summed E-state index contributed by atoms with van der Waals surface area (Å²) in [6.45, 7) is 1.39. The molecule has 2 N–H and O–H groups in total. The molecule has 348 valence electrons. The number of hydrazine groups is 1. The Morgan fingerprint density at radius 2 is 1.67 bits per heavy atom. The second-order valence-electron chi connectivity index (χ2n) is 16.1. The number of halogens is 5. The number of aromatic nitrogens is 6. The van der Waals surface area contributed by atoms with Gasteiger partial charge in [-0.3, -0.25) is 19.8 Å². The van der Waals surface area contributed by atoms with Crippen molar-refractivity contribution in [3.63, 3.8) is 0 Å². The molecular formula is C45H39Cl2F3N8O9. The van der Waals surface area contributed by atoms with Crippen LogP contribution < -0.4 is 36.6 Å². The number of aryl methyl sites for hydroxylation is 2. The molecule has 0 spiro atoms. The molecule has 67 heavy (non-hydrogen) atoms. The van der Waals surface area contributed by atoms with Crippen molar-refractivity contribution < 1.29 is 42.1 Å². The minimum Gasteiger partial charge on any atom is -0.504 e. The summed E-state index contributed by atoms with van der Waals surface area (Å²) >= 11 is 12.7. The maximum atomic E-state index is 15.5. The van der Waals surface area contributed by atoms with Crippen LogP contribution in [-0.4, -0.2) is 71.2 Å². The van der Waals surface area contributed by atoms with Gasteiger partial charge in [-0.15, -0.1) is 0 Å². The number of methoxy groups -OCH3 is 2. The highest BCUT2D eigenvalue weighted by molar-refractivity contribution is 6.33. The van der Waals surface area contributed by atoms with E-state index in [1.54, 1.807) is 56.4 Å². The van der Waals surface area contributed by atoms with Crippen molar-refractivity contribution in [2.24, 2.45) is 13.0 Å². The van der Waals surface area contributed by atoms with E-state index in [1.807, 2.05) is 0 Å². The Morgan fingerprint density at radius 1 is 0.955 bits per heavy atom. The summed E-state index contributed by atoms with van der Waals surface area (Å²) in [5, 5.41) is 12.4. The fourth-order valence-corrected chi connectivity index (χ4v) is 10.1. The van der Waals surface area contributed by atoms with Crippen LogP contribution in [-0.2, 0) is 47.7 Å². The van der Waals surface area contributed by atoms with E-state index in [0.29, 0.717) is 50.4 Å². The number of hydrogen-bond donors (Lipinski definition) is 2. The van der Waals surface area contributed by atoms with Crippen LogP contribution in [0.2, 0.25) is 10.0 Å². The van der Waals surface area contributed by atoms with E-state index < -0.39 is 74.6 Å². The van der Waals surface area contributed by atoms with E-state index in [0.717, 1.165) is 4.57 Å². The van der Waals surface area contributed by atoms with Crippen molar-refractivity contribution in [1.29, 1.82) is 0 Å². The van der Waals surface area contributed by atoms with Crippen LogP contribution in [0, 0.1) is 5.92 Å². The molecule has 3 aromatic carbocycles. The average molecular weight is 964 g/mol. The number of carbonyl (C=O) groups is 2. The first-order chi connectivity index (χ1) is 32.0. The van der Waals surface area contributed by atoms with E-state index in [4.69, 9.17) is 37.4 Å². The molecule has 0 radical (unpaired) electrons. The quantitative estimate of drug-likeness (QED) is 0.118. The summed E-state index contributed by atoms with van der Waals surface area (Å²) in [6.07, 6.45) is -3.04. The summed E-state index contributed by atoms with van der Waals surface area (Å²) in [5.41, 5.74) is -0.832. The van der Waals surface area contributed by atoms with Gasteiger partial charge in [0.15, 0.2) is 28.8 Å². The average Bonchev–Trinajstić information content (AvgIpc) is 3.67. The first-order valence-electron chi connectivity index (χ1n) is 20.8. The number of hydrogen-bond acceptors (Lipinski definition) is 12. The van der Waals surface area contributed by atoms with Crippen LogP contribution in [0.5, 0.6) is 23.0 Å². The number of benzene rings is 3. The van der Waals surface area contributed by atoms with Crippen molar-refractivity contribution in [2.75, 3.05) is 26.3 Å². The molecule has 2 amide bonds. The van der Waals surface area contributed by atoms with E-state index in [1.165, 1.54) is 46.3 Å². The molecular weight excluding hydrogens is 924 g/mol. The van der Waals surface area contributed by atoms with Crippen LogP contribution in [0.15, 0.2) is 92.9 Å². The Labute approximate surface area is 387 Å². The molecule has 0 bridgehead atoms. The molecule has 1 aliphatic carbocycles. The van der Waals surface area contributed by atoms with Gasteiger partial charge in [-0.1, -0.05) is 53.5 Å². The maximum absolute atomic E-state index is 15.5. The van der Waals surface area contributed by atoms with Gasteiger partial charge in [0.05, 0.1) is 66.4 Å². The largest absolute Gasteiger partial charge is 0.504 e. The van der Waals surface area contributed by atoms with E-state index in [-0.39, 0.29) is 60.9 Å². The number of para-hydroxylation sites is 1. The van der Waals surface area contributed by atoms with Crippen LogP contribution in [0.25, 0.3) is 11.0 Å². The lowest BCUT2D eigenvalue weighted by Gasteiger charge is -2.49. The molecule has 9 rings (SSSR count). The third-order valence-electron chi connectivity index (χ3n) is 12.8. The molecule has 1 saturated heterocycles. The van der Waals surface area contributed by atoms with Crippen molar-refractivity contribution in [3.8, 4) is 23.0 Å². The first-order valence-corrected chi connectivity index (χ1v) is 21.5. The van der Waals surface area contributed by atoms with Gasteiger partial charge in [0, 0.05) is 54.8 Å². The van der Waals surface area contributed by atoms with Gasteiger partial charge in [0.25, 0.3) is 17.4 Å². The number of phenols is 1. The lowest BCUT2D eigenvalue weighted by molar-refractivity contribution is -0.139. The summed E-state index contributed by atoms with van der Waals surface area (Å²) in [4.78, 5) is 81.5. The second kappa shape index (κ2) is 16.7. The number of phenolic OH excluding ortho intramolecular Hbond substituents is 1. The zero-order chi connectivity index (χ0) is 47.9. The highest BCUT2D eigenvalue weighted by atomic mass is 35.5. The summed E-state index contributed by atoms with van der Waals surface area (Å²) in [5.74, 6) is -4.41. The molecule has 3 aliphatic rings. The Hall–Kier alpha value is -7.06. The zero-order valence-electron chi connectivity index (χ0n) is 35.9. The molecule has 0 unspecified atom stereocenters. The molecule has 2 aliphatic heterocycles. The predicted octanol–water partition coefficient (Wildman–Crippen LogP) is 5.76. The SMILES string of the molecule is CCOc1cccc([C@H]2C3=CCn4c(=O)n(CCc5nc6cc(OC)c(OC)cc6n(C)c5=O)c(=O)n4[C@@H]3C[C@H]3C(=O)N(Nc4ncc(C(F)(F)F)cc4Cl)C(=O)[C@@]23c2ccc(Cl)cc2)c1O. The number of fused-ring (bicyclic) bond motifs is 5. The van der Waals surface area contributed by atoms with Gasteiger partial charge in [0.1, 0.15) is 5.69 Å². The number of aromatic hydroxyl groups is 1. The number of pyridine rings is 1. The van der Waals surface area contributed by atoms with E-state index in [2.05, 4.69) is 15.4 Å². The molecule has 3 aromatic heterocycles. The van der Waals surface area contributed by atoms with Gasteiger partial charge in [0.2, 0.25) is 0 Å². The number of amides is 2. The third-order valence-corrected chi connectivity index (χ3v) is 13.3. The Bertz CT molecular complexity index is 3260. The summed E-state index contributed by atoms with van der Waals surface area (Å²) < 4.78 is 62.2. The molecule has 17 nitrogen and oxygen atoms in total. The molecule has 2 fully saturated rings. The number of rotatable bonds is 11. The Morgan fingerprint density at radius 3 is 2.34 bits per heavy atom. The van der Waals surface area contributed by atoms with E-state index >= 15 is 9.59 Å².